The van der Waals surface area contributed by atoms with E-state index < -0.39 is 0 Å². The van der Waals surface area contributed by atoms with Crippen LogP contribution in [0.1, 0.15) is 0 Å². The minimum Gasteiger partial charge on any atom is -0.497 e. The third kappa shape index (κ3) is 4.94. The fraction of sp³-hybridized carbons (Fsp3) is 0.333. The van der Waals surface area contributed by atoms with Crippen molar-refractivity contribution in [1.29, 1.82) is 0 Å². The molecule has 1 unspecified atom stereocenters. The van der Waals surface area contributed by atoms with Crippen LogP contribution in [-0.2, 0) is 4.79 Å². The van der Waals surface area contributed by atoms with E-state index in [9.17, 15) is 4.79 Å². The molecule has 1 fully saturated rings. The monoisotopic (exact) mass is 468 g/mol. The Kier molecular flexibility index (Phi) is 7.10. The first-order chi connectivity index (χ1) is 16.1. The van der Waals surface area contributed by atoms with Gasteiger partial charge in [-0.05, 0) is 18.4 Å². The predicted octanol–water partition coefficient (Wildman–Crippen LogP) is 3.67. The third-order valence-electron chi connectivity index (χ3n) is 5.70. The van der Waals surface area contributed by atoms with E-state index in [4.69, 9.17) is 14.2 Å². The van der Waals surface area contributed by atoms with Crippen molar-refractivity contribution in [3.05, 3.63) is 48.5 Å². The number of piperazine rings is 1. The number of benzene rings is 2. The number of ether oxygens (including phenoxy) is 3. The number of pyridine rings is 1. The molecule has 0 spiro atoms. The molecular formula is C24H28N4O4S. The van der Waals surface area contributed by atoms with E-state index >= 15 is 0 Å². The number of hydrogen-bond donors (Lipinski definition) is 1. The minimum absolute atomic E-state index is 0.0785. The van der Waals surface area contributed by atoms with E-state index in [0.29, 0.717) is 37.0 Å². The van der Waals surface area contributed by atoms with Crippen LogP contribution in [-0.4, -0.2) is 68.4 Å². The number of hydrogen-bond acceptors (Lipinski definition) is 9. The fourth-order valence-corrected chi connectivity index (χ4v) is 4.43. The van der Waals surface area contributed by atoms with Crippen molar-refractivity contribution in [2.24, 2.45) is 0 Å². The number of carbonyl (C=O) groups is 1. The Labute approximate surface area is 197 Å². The standard InChI is InChI=1S/C24H28N4O4S/c1-30-18-12-17(13-19(14-18)31-2)27-9-10-28(22(15-27)24(29)33-4)26-21-11-16-7-5-6-8-20(16)25-23(21)32-3/h5-8,11-14,22,26H,9-10,15H2,1-4H3. The highest BCUT2D eigenvalue weighted by Gasteiger charge is 2.33. The Bertz CT molecular complexity index is 1120. The summed E-state index contributed by atoms with van der Waals surface area (Å²) in [5.74, 6) is 1.92. The topological polar surface area (TPSA) is 76.2 Å². The zero-order valence-electron chi connectivity index (χ0n) is 19.2. The first kappa shape index (κ1) is 23.0. The second-order valence-electron chi connectivity index (χ2n) is 7.60. The Morgan fingerprint density at radius 2 is 1.76 bits per heavy atom. The molecule has 1 atom stereocenters. The molecule has 1 aliphatic rings. The molecular weight excluding hydrogens is 440 g/mol. The molecule has 1 aromatic heterocycles. The number of hydrazine groups is 1. The van der Waals surface area contributed by atoms with Gasteiger partial charge in [-0.3, -0.25) is 4.79 Å². The lowest BCUT2D eigenvalue weighted by Gasteiger charge is -2.41. The molecule has 9 heteroatoms. The van der Waals surface area contributed by atoms with Crippen molar-refractivity contribution in [1.82, 2.24) is 9.99 Å². The van der Waals surface area contributed by atoms with Gasteiger partial charge in [0.25, 0.3) is 0 Å². The number of aromatic nitrogens is 1. The van der Waals surface area contributed by atoms with Crippen LogP contribution < -0.4 is 24.5 Å². The average molecular weight is 469 g/mol. The lowest BCUT2D eigenvalue weighted by Crippen LogP contribution is -2.58. The molecule has 0 aliphatic carbocycles. The van der Waals surface area contributed by atoms with Crippen molar-refractivity contribution in [2.75, 3.05) is 57.5 Å². The molecule has 1 saturated heterocycles. The highest BCUT2D eigenvalue weighted by atomic mass is 32.2. The van der Waals surface area contributed by atoms with Crippen LogP contribution in [0.4, 0.5) is 11.4 Å². The number of fused-ring (bicyclic) bond motifs is 1. The quantitative estimate of drug-likeness (QED) is 0.559. The van der Waals surface area contributed by atoms with Crippen LogP contribution in [0.25, 0.3) is 10.9 Å². The summed E-state index contributed by atoms with van der Waals surface area (Å²) in [4.78, 5) is 19.7. The summed E-state index contributed by atoms with van der Waals surface area (Å²) in [5, 5.41) is 3.05. The summed E-state index contributed by atoms with van der Waals surface area (Å²) in [6, 6.07) is 15.3. The molecule has 0 amide bonds. The number of carbonyl (C=O) groups excluding carboxylic acids is 1. The highest BCUT2D eigenvalue weighted by molar-refractivity contribution is 8.13. The Morgan fingerprint density at radius 1 is 1.03 bits per heavy atom. The SMILES string of the molecule is COc1cc(OC)cc(N2CCN(Nc3cc4ccccc4nc3OC)C(C(=O)SC)C2)c1. The molecule has 0 saturated carbocycles. The number of nitrogens with zero attached hydrogens (tertiary/aromatic N) is 3. The Hall–Kier alpha value is -3.17. The highest BCUT2D eigenvalue weighted by Crippen LogP contribution is 2.32. The van der Waals surface area contributed by atoms with Crippen LogP contribution in [0.2, 0.25) is 0 Å². The van der Waals surface area contributed by atoms with Gasteiger partial charge in [0.15, 0.2) is 0 Å². The van der Waals surface area contributed by atoms with Crippen molar-refractivity contribution >= 4 is 39.2 Å². The number of rotatable bonds is 7. The molecule has 3 aromatic rings. The van der Waals surface area contributed by atoms with Crippen LogP contribution in [0, 0.1) is 0 Å². The fourth-order valence-electron chi connectivity index (χ4n) is 3.95. The van der Waals surface area contributed by atoms with Gasteiger partial charge < -0.3 is 24.5 Å². The van der Waals surface area contributed by atoms with Gasteiger partial charge in [0.2, 0.25) is 11.0 Å². The molecule has 174 valence electrons. The molecule has 33 heavy (non-hydrogen) atoms. The van der Waals surface area contributed by atoms with Gasteiger partial charge in [-0.2, -0.15) is 0 Å². The average Bonchev–Trinajstić information content (AvgIpc) is 2.87. The summed E-state index contributed by atoms with van der Waals surface area (Å²) in [5.41, 5.74) is 5.95. The number of anilines is 2. The van der Waals surface area contributed by atoms with E-state index in [1.807, 2.05) is 59.8 Å². The molecule has 1 aliphatic heterocycles. The lowest BCUT2D eigenvalue weighted by molar-refractivity contribution is -0.115. The van der Waals surface area contributed by atoms with E-state index in [-0.39, 0.29) is 11.2 Å². The number of thioether (sulfide) groups is 1. The number of nitrogens with one attached hydrogen (secondary N) is 1. The molecule has 2 heterocycles. The predicted molar refractivity (Wildman–Crippen MR) is 133 cm³/mol. The van der Waals surface area contributed by atoms with Crippen molar-refractivity contribution < 1.29 is 19.0 Å². The molecule has 4 rings (SSSR count). The summed E-state index contributed by atoms with van der Waals surface area (Å²) in [7, 11) is 4.86. The van der Waals surface area contributed by atoms with Crippen LogP contribution in [0.3, 0.4) is 0 Å². The Balaban J connectivity index is 1.61. The maximum Gasteiger partial charge on any atom is 0.239 e. The van der Waals surface area contributed by atoms with Gasteiger partial charge in [0, 0.05) is 48.9 Å². The van der Waals surface area contributed by atoms with Crippen LogP contribution >= 0.6 is 11.8 Å². The number of para-hydroxylation sites is 1. The molecule has 1 N–H and O–H groups in total. The molecule has 0 bridgehead atoms. The first-order valence-electron chi connectivity index (χ1n) is 10.6. The van der Waals surface area contributed by atoms with Gasteiger partial charge in [0.05, 0.1) is 26.8 Å². The Morgan fingerprint density at radius 3 is 2.42 bits per heavy atom. The van der Waals surface area contributed by atoms with Gasteiger partial charge in [-0.25, -0.2) is 9.99 Å². The summed E-state index contributed by atoms with van der Waals surface area (Å²) in [6.45, 7) is 1.85. The second-order valence-corrected chi connectivity index (χ2v) is 8.41. The zero-order valence-corrected chi connectivity index (χ0v) is 20.0. The lowest BCUT2D eigenvalue weighted by atomic mass is 10.1. The first-order valence-corrected chi connectivity index (χ1v) is 11.8. The van der Waals surface area contributed by atoms with Gasteiger partial charge in [0.1, 0.15) is 23.2 Å². The second kappa shape index (κ2) is 10.2. The third-order valence-corrected chi connectivity index (χ3v) is 6.38. The van der Waals surface area contributed by atoms with E-state index in [1.165, 1.54) is 11.8 Å². The van der Waals surface area contributed by atoms with Gasteiger partial charge >= 0.3 is 0 Å². The van der Waals surface area contributed by atoms with Crippen LogP contribution in [0.5, 0.6) is 17.4 Å². The maximum absolute atomic E-state index is 12.9. The van der Waals surface area contributed by atoms with E-state index in [2.05, 4.69) is 15.3 Å². The van der Waals surface area contributed by atoms with Crippen molar-refractivity contribution in [2.45, 2.75) is 6.04 Å². The van der Waals surface area contributed by atoms with E-state index in [1.54, 1.807) is 21.3 Å². The van der Waals surface area contributed by atoms with Crippen LogP contribution in [0.15, 0.2) is 48.5 Å². The summed E-state index contributed by atoms with van der Waals surface area (Å²) < 4.78 is 16.4. The van der Waals surface area contributed by atoms with E-state index in [0.717, 1.165) is 22.3 Å². The smallest absolute Gasteiger partial charge is 0.239 e. The maximum atomic E-state index is 12.9. The number of methoxy groups -OCH3 is 3. The molecule has 2 aromatic carbocycles. The van der Waals surface area contributed by atoms with Gasteiger partial charge in [-0.1, -0.05) is 30.0 Å². The molecule has 8 nitrogen and oxygen atoms in total. The largest absolute Gasteiger partial charge is 0.497 e. The summed E-state index contributed by atoms with van der Waals surface area (Å²) in [6.07, 6.45) is 1.81. The summed E-state index contributed by atoms with van der Waals surface area (Å²) >= 11 is 1.23. The van der Waals surface area contributed by atoms with Crippen molar-refractivity contribution in [3.8, 4) is 17.4 Å². The molecule has 0 radical (unpaired) electrons. The minimum atomic E-state index is -0.373. The normalized spacial score (nSPS) is 16.5. The van der Waals surface area contributed by atoms with Gasteiger partial charge in [-0.15, -0.1) is 0 Å². The van der Waals surface area contributed by atoms with Crippen molar-refractivity contribution in [3.63, 3.8) is 0 Å². The zero-order chi connectivity index (χ0) is 23.4.